The zero-order valence-corrected chi connectivity index (χ0v) is 13.5. The predicted molar refractivity (Wildman–Crippen MR) is 87.7 cm³/mol. The van der Waals surface area contributed by atoms with Gasteiger partial charge in [-0.15, -0.1) is 11.3 Å². The largest absolute Gasteiger partial charge is 0.370 e. The van der Waals surface area contributed by atoms with E-state index >= 15 is 0 Å². The number of thiophene rings is 1. The highest BCUT2D eigenvalue weighted by molar-refractivity contribution is 7.10. The molecule has 112 valence electrons. The second-order valence-electron chi connectivity index (χ2n) is 5.57. The van der Waals surface area contributed by atoms with Crippen LogP contribution in [0.5, 0.6) is 0 Å². The first-order valence-corrected chi connectivity index (χ1v) is 8.48. The van der Waals surface area contributed by atoms with Crippen molar-refractivity contribution in [3.63, 3.8) is 0 Å². The molecule has 1 N–H and O–H groups in total. The summed E-state index contributed by atoms with van der Waals surface area (Å²) in [5.74, 6) is 1.87. The van der Waals surface area contributed by atoms with Gasteiger partial charge in [-0.3, -0.25) is 4.90 Å². The van der Waals surface area contributed by atoms with Crippen molar-refractivity contribution in [2.24, 2.45) is 0 Å². The van der Waals surface area contributed by atoms with Gasteiger partial charge < -0.3 is 5.32 Å². The number of rotatable bonds is 5. The average Bonchev–Trinajstić information content (AvgIpc) is 2.92. The number of fused-ring (bicyclic) bond motifs is 1. The number of anilines is 1. The summed E-state index contributed by atoms with van der Waals surface area (Å²) < 4.78 is 0. The molecule has 1 aliphatic rings. The second-order valence-corrected chi connectivity index (χ2v) is 6.57. The van der Waals surface area contributed by atoms with Gasteiger partial charge in [-0.2, -0.15) is 0 Å². The molecule has 21 heavy (non-hydrogen) atoms. The van der Waals surface area contributed by atoms with Gasteiger partial charge in [0.1, 0.15) is 11.6 Å². The molecular weight excluding hydrogens is 280 g/mol. The molecule has 5 heteroatoms. The lowest BCUT2D eigenvalue weighted by atomic mass is 10.1. The van der Waals surface area contributed by atoms with Gasteiger partial charge >= 0.3 is 0 Å². The fourth-order valence-electron chi connectivity index (χ4n) is 2.69. The van der Waals surface area contributed by atoms with Crippen LogP contribution in [0.2, 0.25) is 0 Å². The summed E-state index contributed by atoms with van der Waals surface area (Å²) >= 11 is 1.88. The molecule has 0 bridgehead atoms. The fraction of sp³-hybridized carbons (Fsp3) is 0.500. The number of nitrogens with zero attached hydrogens (tertiary/aromatic N) is 3. The molecule has 4 nitrogen and oxygen atoms in total. The Morgan fingerprint density at radius 1 is 1.38 bits per heavy atom. The zero-order chi connectivity index (χ0) is 14.7. The van der Waals surface area contributed by atoms with Crippen LogP contribution >= 0.6 is 11.3 Å². The lowest BCUT2D eigenvalue weighted by Gasteiger charge is -2.26. The molecule has 0 amide bonds. The summed E-state index contributed by atoms with van der Waals surface area (Å²) in [5.41, 5.74) is 2.51. The minimum absolute atomic E-state index is 0.831. The van der Waals surface area contributed by atoms with E-state index in [1.165, 1.54) is 5.56 Å². The molecule has 2 aromatic rings. The first kappa shape index (κ1) is 14.5. The maximum Gasteiger partial charge on any atom is 0.144 e. The van der Waals surface area contributed by atoms with Gasteiger partial charge in [-0.05, 0) is 36.8 Å². The fourth-order valence-corrected chi connectivity index (χ4v) is 3.58. The van der Waals surface area contributed by atoms with Crippen LogP contribution in [0.1, 0.15) is 35.3 Å². The van der Waals surface area contributed by atoms with E-state index in [2.05, 4.69) is 38.6 Å². The highest BCUT2D eigenvalue weighted by Crippen LogP contribution is 2.24. The Labute approximate surface area is 130 Å². The Kier molecular flexibility index (Phi) is 4.51. The summed E-state index contributed by atoms with van der Waals surface area (Å²) in [4.78, 5) is 13.2. The maximum atomic E-state index is 4.65. The van der Waals surface area contributed by atoms with Gasteiger partial charge in [-0.25, -0.2) is 9.97 Å². The van der Waals surface area contributed by atoms with Gasteiger partial charge in [0.15, 0.2) is 0 Å². The summed E-state index contributed by atoms with van der Waals surface area (Å²) in [7, 11) is 0. The Balaban J connectivity index is 1.69. The van der Waals surface area contributed by atoms with E-state index in [1.807, 2.05) is 24.3 Å². The third-order valence-electron chi connectivity index (χ3n) is 3.71. The first-order valence-electron chi connectivity index (χ1n) is 7.60. The highest BCUT2D eigenvalue weighted by atomic mass is 32.1. The molecule has 3 rings (SSSR count). The topological polar surface area (TPSA) is 41.1 Å². The van der Waals surface area contributed by atoms with Crippen molar-refractivity contribution in [2.75, 3.05) is 18.4 Å². The molecular formula is C16H22N4S. The van der Waals surface area contributed by atoms with Crippen LogP contribution in [-0.4, -0.2) is 28.0 Å². The van der Waals surface area contributed by atoms with Crippen LogP contribution in [0.15, 0.2) is 17.5 Å². The Bertz CT molecular complexity index is 608. The van der Waals surface area contributed by atoms with E-state index < -0.39 is 0 Å². The first-order chi connectivity index (χ1) is 10.2. The molecule has 0 saturated carbocycles. The molecule has 0 spiro atoms. The summed E-state index contributed by atoms with van der Waals surface area (Å²) in [6.45, 7) is 8.11. The van der Waals surface area contributed by atoms with E-state index in [9.17, 15) is 0 Å². The van der Waals surface area contributed by atoms with Crippen molar-refractivity contribution in [3.05, 3.63) is 39.5 Å². The van der Waals surface area contributed by atoms with Crippen LogP contribution in [-0.2, 0) is 19.5 Å². The van der Waals surface area contributed by atoms with Gasteiger partial charge in [0.05, 0.1) is 6.54 Å². The van der Waals surface area contributed by atoms with E-state index in [0.29, 0.717) is 0 Å². The van der Waals surface area contributed by atoms with Crippen LogP contribution in [0, 0.1) is 6.92 Å². The number of nitrogens with one attached hydrogen (secondary N) is 1. The van der Waals surface area contributed by atoms with E-state index in [4.69, 9.17) is 0 Å². The minimum Gasteiger partial charge on any atom is -0.370 e. The minimum atomic E-state index is 0.831. The summed E-state index contributed by atoms with van der Waals surface area (Å²) in [5, 5.41) is 5.55. The highest BCUT2D eigenvalue weighted by Gasteiger charge is 2.18. The molecule has 3 heterocycles. The van der Waals surface area contributed by atoms with Gasteiger partial charge in [0.25, 0.3) is 0 Å². The lowest BCUT2D eigenvalue weighted by molar-refractivity contribution is 0.241. The third kappa shape index (κ3) is 3.60. The molecule has 0 aromatic carbocycles. The Morgan fingerprint density at radius 2 is 2.29 bits per heavy atom. The van der Waals surface area contributed by atoms with Crippen molar-refractivity contribution < 1.29 is 0 Å². The molecule has 0 saturated heterocycles. The van der Waals surface area contributed by atoms with Crippen molar-refractivity contribution in [3.8, 4) is 0 Å². The normalized spacial score (nSPS) is 15.0. The van der Waals surface area contributed by atoms with Crippen molar-refractivity contribution in [1.29, 1.82) is 0 Å². The van der Waals surface area contributed by atoms with Crippen molar-refractivity contribution in [1.82, 2.24) is 14.9 Å². The number of hydrogen-bond donors (Lipinski definition) is 1. The average molecular weight is 302 g/mol. The standard InChI is InChI=1S/C16H22N4S/c1-3-6-17-15-9-12(2)18-16(19-15)11-20-7-4-14-13(10-20)5-8-21-14/h5,8-9H,3-4,6-7,10-11H2,1-2H3,(H,17,18,19). The zero-order valence-electron chi connectivity index (χ0n) is 12.7. The molecule has 2 aromatic heterocycles. The Morgan fingerprint density at radius 3 is 3.14 bits per heavy atom. The van der Waals surface area contributed by atoms with Crippen LogP contribution in [0.4, 0.5) is 5.82 Å². The Hall–Kier alpha value is -1.46. The SMILES string of the molecule is CCCNc1cc(C)nc(CN2CCc3sccc3C2)n1. The van der Waals surface area contributed by atoms with Crippen LogP contribution in [0.3, 0.4) is 0 Å². The van der Waals surface area contributed by atoms with E-state index in [-0.39, 0.29) is 0 Å². The third-order valence-corrected chi connectivity index (χ3v) is 4.73. The van der Waals surface area contributed by atoms with E-state index in [0.717, 1.165) is 56.4 Å². The smallest absolute Gasteiger partial charge is 0.144 e. The van der Waals surface area contributed by atoms with Crippen molar-refractivity contribution in [2.45, 2.75) is 39.8 Å². The quantitative estimate of drug-likeness (QED) is 0.920. The molecule has 1 aliphatic heterocycles. The van der Waals surface area contributed by atoms with E-state index in [1.54, 1.807) is 4.88 Å². The summed E-state index contributed by atoms with van der Waals surface area (Å²) in [6.07, 6.45) is 2.26. The predicted octanol–water partition coefficient (Wildman–Crippen LogP) is 3.23. The summed E-state index contributed by atoms with van der Waals surface area (Å²) in [6, 6.07) is 4.27. The van der Waals surface area contributed by atoms with Gasteiger partial charge in [0.2, 0.25) is 0 Å². The van der Waals surface area contributed by atoms with Crippen molar-refractivity contribution >= 4 is 17.2 Å². The monoisotopic (exact) mass is 302 g/mol. The van der Waals surface area contributed by atoms with Gasteiger partial charge in [0, 0.05) is 36.3 Å². The molecule has 0 atom stereocenters. The molecule has 0 fully saturated rings. The van der Waals surface area contributed by atoms with Crippen LogP contribution < -0.4 is 5.32 Å². The number of aryl methyl sites for hydroxylation is 1. The number of hydrogen-bond acceptors (Lipinski definition) is 5. The maximum absolute atomic E-state index is 4.65. The second kappa shape index (κ2) is 6.54. The van der Waals surface area contributed by atoms with Gasteiger partial charge in [-0.1, -0.05) is 6.92 Å². The molecule has 0 radical (unpaired) electrons. The molecule has 0 aliphatic carbocycles. The molecule has 0 unspecified atom stereocenters. The number of aromatic nitrogens is 2. The van der Waals surface area contributed by atoms with Crippen LogP contribution in [0.25, 0.3) is 0 Å². The lowest BCUT2D eigenvalue weighted by Crippen LogP contribution is -2.30.